The summed E-state index contributed by atoms with van der Waals surface area (Å²) < 4.78 is 37.6. The first-order chi connectivity index (χ1) is 13.5. The van der Waals surface area contributed by atoms with Crippen molar-refractivity contribution >= 4 is 33.7 Å². The van der Waals surface area contributed by atoms with E-state index in [1.165, 1.54) is 6.07 Å². The summed E-state index contributed by atoms with van der Waals surface area (Å²) in [5.41, 5.74) is 5.54. The number of hydrogen-bond acceptors (Lipinski definition) is 8. The van der Waals surface area contributed by atoms with E-state index in [2.05, 4.69) is 9.46 Å². The lowest BCUT2D eigenvalue weighted by molar-refractivity contribution is -0.158. The van der Waals surface area contributed by atoms with E-state index in [4.69, 9.17) is 10.5 Å². The first kappa shape index (κ1) is 25.4. The molecule has 0 unspecified atom stereocenters. The Balaban J connectivity index is 2.92. The topological polar surface area (TPSA) is 125 Å². The molecule has 164 valence electrons. The Morgan fingerprint density at radius 3 is 2.55 bits per heavy atom. The largest absolute Gasteiger partial charge is 0.468 e. The van der Waals surface area contributed by atoms with Crippen LogP contribution in [-0.4, -0.2) is 51.4 Å². The smallest absolute Gasteiger partial charge is 0.324 e. The number of methoxy groups -OCH3 is 1. The van der Waals surface area contributed by atoms with E-state index in [9.17, 15) is 18.0 Å². The third-order valence-electron chi connectivity index (χ3n) is 3.54. The minimum atomic E-state index is -4.05. The Bertz CT molecular complexity index is 790. The summed E-state index contributed by atoms with van der Waals surface area (Å²) in [7, 11) is -2.93. The minimum Gasteiger partial charge on any atom is -0.468 e. The van der Waals surface area contributed by atoms with Crippen LogP contribution >= 0.6 is 11.8 Å². The normalized spacial score (nSPS) is 13.0. The number of carbonyl (C=O) groups excluding carboxylic acids is 2. The van der Waals surface area contributed by atoms with Crippen LogP contribution in [0.25, 0.3) is 0 Å². The molecule has 0 aliphatic rings. The zero-order valence-corrected chi connectivity index (χ0v) is 18.9. The minimum absolute atomic E-state index is 0.00696. The molecule has 0 aromatic heterocycles. The van der Waals surface area contributed by atoms with Gasteiger partial charge in [0.25, 0.3) is 0 Å². The molecular weight excluding hydrogens is 416 g/mol. The molecule has 0 aliphatic heterocycles. The first-order valence-electron chi connectivity index (χ1n) is 9.17. The van der Waals surface area contributed by atoms with Crippen molar-refractivity contribution in [2.24, 2.45) is 5.73 Å². The molecule has 0 amide bonds. The quantitative estimate of drug-likeness (QED) is 0.389. The van der Waals surface area contributed by atoms with Gasteiger partial charge in [-0.05, 0) is 57.2 Å². The van der Waals surface area contributed by atoms with Crippen molar-refractivity contribution in [3.63, 3.8) is 0 Å². The molecule has 0 fully saturated rings. The van der Waals surface area contributed by atoms with Crippen molar-refractivity contribution < 1.29 is 27.5 Å². The van der Waals surface area contributed by atoms with Gasteiger partial charge in [0.05, 0.1) is 18.4 Å². The van der Waals surface area contributed by atoms with Gasteiger partial charge in [0.1, 0.15) is 11.6 Å². The zero-order chi connectivity index (χ0) is 22.1. The number of thioether (sulfide) groups is 1. The van der Waals surface area contributed by atoms with Gasteiger partial charge in [-0.3, -0.25) is 9.59 Å². The number of carbonyl (C=O) groups is 2. The van der Waals surface area contributed by atoms with Gasteiger partial charge >= 0.3 is 11.9 Å². The molecule has 1 rings (SSSR count). The van der Waals surface area contributed by atoms with E-state index in [1.807, 2.05) is 6.07 Å². The molecule has 8 nitrogen and oxygen atoms in total. The summed E-state index contributed by atoms with van der Waals surface area (Å²) in [6.07, 6.45) is 0.410. The van der Waals surface area contributed by atoms with E-state index in [0.29, 0.717) is 12.3 Å². The predicted octanol–water partition coefficient (Wildman–Crippen LogP) is 1.82. The standard InChI is InChI=1S/C19H30N2O6S2/c1-19(2,3)27-17(22)12-16(18(23)26-4)21-29(24,25)15-8-5-7-14(11-15)13-28-10-6-9-20/h5,7-8,11,16,21H,6,9-10,12-13,20H2,1-4H3/t16-/m0/s1. The average Bonchev–Trinajstić information content (AvgIpc) is 2.62. The van der Waals surface area contributed by atoms with Crippen LogP contribution in [0, 0.1) is 0 Å². The van der Waals surface area contributed by atoms with Crippen molar-refractivity contribution in [1.29, 1.82) is 0 Å². The summed E-state index contributed by atoms with van der Waals surface area (Å²) in [5.74, 6) is -0.0538. The molecule has 10 heteroatoms. The molecule has 1 aromatic carbocycles. The number of nitrogens with two attached hydrogens (primary N) is 1. The highest BCUT2D eigenvalue weighted by atomic mass is 32.2. The van der Waals surface area contributed by atoms with Crippen molar-refractivity contribution in [2.45, 2.75) is 55.9 Å². The van der Waals surface area contributed by atoms with Crippen LogP contribution in [0.1, 0.15) is 39.2 Å². The van der Waals surface area contributed by atoms with Crippen LogP contribution in [0.3, 0.4) is 0 Å². The molecule has 0 saturated carbocycles. The van der Waals surface area contributed by atoms with Gasteiger partial charge in [-0.2, -0.15) is 16.5 Å². The SMILES string of the molecule is COC(=O)[C@H](CC(=O)OC(C)(C)C)NS(=O)(=O)c1cccc(CSCCCN)c1. The van der Waals surface area contributed by atoms with Crippen molar-refractivity contribution in [3.05, 3.63) is 29.8 Å². The third-order valence-corrected chi connectivity index (χ3v) is 6.13. The summed E-state index contributed by atoms with van der Waals surface area (Å²) in [5, 5.41) is 0. The zero-order valence-electron chi connectivity index (χ0n) is 17.3. The lowest BCUT2D eigenvalue weighted by Gasteiger charge is -2.22. The van der Waals surface area contributed by atoms with Crippen LogP contribution in [0.2, 0.25) is 0 Å². The van der Waals surface area contributed by atoms with E-state index >= 15 is 0 Å². The molecule has 1 aromatic rings. The monoisotopic (exact) mass is 446 g/mol. The Hall–Kier alpha value is -1.62. The van der Waals surface area contributed by atoms with Gasteiger partial charge in [0, 0.05) is 5.75 Å². The Morgan fingerprint density at radius 1 is 1.28 bits per heavy atom. The molecule has 0 radical (unpaired) electrons. The lowest BCUT2D eigenvalue weighted by atomic mass is 10.2. The van der Waals surface area contributed by atoms with Crippen molar-refractivity contribution in [3.8, 4) is 0 Å². The van der Waals surface area contributed by atoms with Crippen LogP contribution in [-0.2, 0) is 34.8 Å². The summed E-state index contributed by atoms with van der Waals surface area (Å²) in [6, 6.07) is 5.04. The fraction of sp³-hybridized carbons (Fsp3) is 0.579. The van der Waals surface area contributed by atoms with Gasteiger partial charge in [0.15, 0.2) is 0 Å². The van der Waals surface area contributed by atoms with Crippen LogP contribution in [0.4, 0.5) is 0 Å². The lowest BCUT2D eigenvalue weighted by Crippen LogP contribution is -2.43. The van der Waals surface area contributed by atoms with Gasteiger partial charge in [-0.25, -0.2) is 8.42 Å². The number of rotatable bonds is 11. The van der Waals surface area contributed by atoms with Crippen LogP contribution in [0.15, 0.2) is 29.2 Å². The summed E-state index contributed by atoms with van der Waals surface area (Å²) >= 11 is 1.66. The summed E-state index contributed by atoms with van der Waals surface area (Å²) in [4.78, 5) is 24.1. The highest BCUT2D eigenvalue weighted by molar-refractivity contribution is 7.98. The molecule has 0 spiro atoms. The third kappa shape index (κ3) is 9.62. The molecule has 0 saturated heterocycles. The number of esters is 2. The maximum atomic E-state index is 12.8. The molecule has 0 bridgehead atoms. The van der Waals surface area contributed by atoms with E-state index in [-0.39, 0.29) is 4.90 Å². The van der Waals surface area contributed by atoms with Gasteiger partial charge in [0.2, 0.25) is 10.0 Å². The predicted molar refractivity (Wildman–Crippen MR) is 113 cm³/mol. The van der Waals surface area contributed by atoms with Crippen molar-refractivity contribution in [1.82, 2.24) is 4.72 Å². The molecule has 29 heavy (non-hydrogen) atoms. The number of benzene rings is 1. The molecular formula is C19H30N2O6S2. The Kier molecular flexibility index (Phi) is 10.1. The second-order valence-electron chi connectivity index (χ2n) is 7.33. The number of hydrogen-bond donors (Lipinski definition) is 2. The van der Waals surface area contributed by atoms with E-state index in [1.54, 1.807) is 44.7 Å². The summed E-state index contributed by atoms with van der Waals surface area (Å²) in [6.45, 7) is 5.65. The second kappa shape index (κ2) is 11.5. The number of sulfonamides is 1. The Morgan fingerprint density at radius 2 is 1.97 bits per heavy atom. The fourth-order valence-electron chi connectivity index (χ4n) is 2.30. The molecule has 0 aliphatic carbocycles. The highest BCUT2D eigenvalue weighted by Gasteiger charge is 2.30. The van der Waals surface area contributed by atoms with Crippen LogP contribution < -0.4 is 10.5 Å². The van der Waals surface area contributed by atoms with Gasteiger partial charge in [-0.15, -0.1) is 0 Å². The Labute approximate surface area is 176 Å². The molecule has 3 N–H and O–H groups in total. The molecule has 1 atom stereocenters. The van der Waals surface area contributed by atoms with E-state index in [0.717, 1.165) is 24.8 Å². The van der Waals surface area contributed by atoms with Crippen LogP contribution in [0.5, 0.6) is 0 Å². The first-order valence-corrected chi connectivity index (χ1v) is 11.8. The van der Waals surface area contributed by atoms with Crippen molar-refractivity contribution in [2.75, 3.05) is 19.4 Å². The highest BCUT2D eigenvalue weighted by Crippen LogP contribution is 2.18. The van der Waals surface area contributed by atoms with Gasteiger partial charge in [-0.1, -0.05) is 12.1 Å². The maximum Gasteiger partial charge on any atom is 0.324 e. The molecule has 0 heterocycles. The second-order valence-corrected chi connectivity index (χ2v) is 10.1. The average molecular weight is 447 g/mol. The van der Waals surface area contributed by atoms with E-state index < -0.39 is 40.0 Å². The number of nitrogens with one attached hydrogen (secondary N) is 1. The fourth-order valence-corrected chi connectivity index (χ4v) is 4.48. The maximum absolute atomic E-state index is 12.8. The van der Waals surface area contributed by atoms with Gasteiger partial charge < -0.3 is 15.2 Å². The number of ether oxygens (including phenoxy) is 2.